The first-order chi connectivity index (χ1) is 9.93. The number of amides is 1. The second-order valence-electron chi connectivity index (χ2n) is 4.72. The van der Waals surface area contributed by atoms with Gasteiger partial charge in [-0.1, -0.05) is 6.92 Å². The van der Waals surface area contributed by atoms with E-state index in [2.05, 4.69) is 0 Å². The van der Waals surface area contributed by atoms with Gasteiger partial charge in [-0.05, 0) is 31.2 Å². The average molecular weight is 297 g/mol. The minimum Gasteiger partial charge on any atom is -0.493 e. The van der Waals surface area contributed by atoms with Crippen LogP contribution in [0.15, 0.2) is 24.3 Å². The molecular weight excluding hydrogens is 277 g/mol. The van der Waals surface area contributed by atoms with E-state index in [-0.39, 0.29) is 31.3 Å². The number of hydrogen-bond acceptors (Lipinski definition) is 3. The zero-order chi connectivity index (χ0) is 15.8. The van der Waals surface area contributed by atoms with Crippen molar-refractivity contribution in [3.63, 3.8) is 0 Å². The topological polar surface area (TPSA) is 66.8 Å². The van der Waals surface area contributed by atoms with Crippen molar-refractivity contribution < 1.29 is 23.8 Å². The van der Waals surface area contributed by atoms with E-state index in [0.717, 1.165) is 0 Å². The van der Waals surface area contributed by atoms with Crippen molar-refractivity contribution in [3.05, 3.63) is 30.1 Å². The van der Waals surface area contributed by atoms with Gasteiger partial charge in [0.15, 0.2) is 0 Å². The van der Waals surface area contributed by atoms with Crippen molar-refractivity contribution in [1.29, 1.82) is 0 Å². The lowest BCUT2D eigenvalue weighted by Crippen LogP contribution is -2.37. The molecule has 116 valence electrons. The van der Waals surface area contributed by atoms with Crippen molar-refractivity contribution in [1.82, 2.24) is 4.90 Å². The summed E-state index contributed by atoms with van der Waals surface area (Å²) in [5, 5.41) is 8.86. The molecule has 1 N–H and O–H groups in total. The summed E-state index contributed by atoms with van der Waals surface area (Å²) >= 11 is 0. The smallest absolute Gasteiger partial charge is 0.308 e. The van der Waals surface area contributed by atoms with Crippen molar-refractivity contribution >= 4 is 11.9 Å². The van der Waals surface area contributed by atoms with Gasteiger partial charge in [0, 0.05) is 13.1 Å². The van der Waals surface area contributed by atoms with Crippen LogP contribution in [0.2, 0.25) is 0 Å². The zero-order valence-corrected chi connectivity index (χ0v) is 12.2. The van der Waals surface area contributed by atoms with E-state index >= 15 is 0 Å². The van der Waals surface area contributed by atoms with Gasteiger partial charge in [-0.3, -0.25) is 9.59 Å². The largest absolute Gasteiger partial charge is 0.493 e. The lowest BCUT2D eigenvalue weighted by molar-refractivity contribution is -0.143. The summed E-state index contributed by atoms with van der Waals surface area (Å²) in [6.45, 7) is 4.16. The molecule has 1 aromatic rings. The number of carboxylic acids is 1. The van der Waals surface area contributed by atoms with E-state index in [4.69, 9.17) is 9.84 Å². The second kappa shape index (κ2) is 8.24. The SMILES string of the molecule is CCN(CC(C)C(=O)O)C(=O)CCOc1ccc(F)cc1. The maximum Gasteiger partial charge on any atom is 0.308 e. The molecule has 0 spiro atoms. The van der Waals surface area contributed by atoms with Crippen LogP contribution in [-0.4, -0.2) is 41.6 Å². The molecule has 1 rings (SSSR count). The Balaban J connectivity index is 2.40. The van der Waals surface area contributed by atoms with Crippen LogP contribution >= 0.6 is 0 Å². The summed E-state index contributed by atoms with van der Waals surface area (Å²) in [5.74, 6) is -1.55. The fourth-order valence-electron chi connectivity index (χ4n) is 1.76. The minimum atomic E-state index is -0.927. The second-order valence-corrected chi connectivity index (χ2v) is 4.72. The molecular formula is C15H20FNO4. The molecule has 1 amide bonds. The number of carboxylic acid groups (broad SMARTS) is 1. The van der Waals surface area contributed by atoms with Gasteiger partial charge in [0.2, 0.25) is 5.91 Å². The van der Waals surface area contributed by atoms with E-state index in [1.165, 1.54) is 29.2 Å². The first-order valence-corrected chi connectivity index (χ1v) is 6.83. The van der Waals surface area contributed by atoms with Crippen molar-refractivity contribution in [2.24, 2.45) is 5.92 Å². The highest BCUT2D eigenvalue weighted by atomic mass is 19.1. The number of carbonyl (C=O) groups excluding carboxylic acids is 1. The number of aliphatic carboxylic acids is 1. The highest BCUT2D eigenvalue weighted by molar-refractivity contribution is 5.77. The van der Waals surface area contributed by atoms with Gasteiger partial charge in [-0.15, -0.1) is 0 Å². The maximum atomic E-state index is 12.7. The third-order valence-electron chi connectivity index (χ3n) is 3.05. The Morgan fingerprint density at radius 2 is 1.95 bits per heavy atom. The number of ether oxygens (including phenoxy) is 1. The minimum absolute atomic E-state index is 0.150. The number of benzene rings is 1. The number of hydrogen-bond donors (Lipinski definition) is 1. The summed E-state index contributed by atoms with van der Waals surface area (Å²) in [6, 6.07) is 5.54. The number of rotatable bonds is 8. The average Bonchev–Trinajstić information content (AvgIpc) is 2.46. The lowest BCUT2D eigenvalue weighted by atomic mass is 10.1. The molecule has 0 aliphatic rings. The summed E-state index contributed by atoms with van der Waals surface area (Å²) < 4.78 is 18.1. The molecule has 5 nitrogen and oxygen atoms in total. The van der Waals surface area contributed by atoms with Crippen molar-refractivity contribution in [2.75, 3.05) is 19.7 Å². The molecule has 0 aromatic heterocycles. The summed E-state index contributed by atoms with van der Waals surface area (Å²) in [6.07, 6.45) is 0.150. The number of nitrogens with zero attached hydrogens (tertiary/aromatic N) is 1. The van der Waals surface area contributed by atoms with Crippen molar-refractivity contribution in [2.45, 2.75) is 20.3 Å². The number of carbonyl (C=O) groups is 2. The molecule has 0 saturated carbocycles. The molecule has 0 saturated heterocycles. The lowest BCUT2D eigenvalue weighted by Gasteiger charge is -2.23. The van der Waals surface area contributed by atoms with Crippen LogP contribution in [0.1, 0.15) is 20.3 Å². The first kappa shape index (κ1) is 16.9. The van der Waals surface area contributed by atoms with Gasteiger partial charge in [-0.2, -0.15) is 0 Å². The van der Waals surface area contributed by atoms with Crippen LogP contribution in [0, 0.1) is 11.7 Å². The van der Waals surface area contributed by atoms with Crippen LogP contribution in [0.4, 0.5) is 4.39 Å². The first-order valence-electron chi connectivity index (χ1n) is 6.83. The van der Waals surface area contributed by atoms with Gasteiger partial charge < -0.3 is 14.7 Å². The number of halogens is 1. The molecule has 0 bridgehead atoms. The van der Waals surface area contributed by atoms with Crippen molar-refractivity contribution in [3.8, 4) is 5.75 Å². The van der Waals surface area contributed by atoms with Crippen LogP contribution in [-0.2, 0) is 9.59 Å². The van der Waals surface area contributed by atoms with E-state index in [9.17, 15) is 14.0 Å². The highest BCUT2D eigenvalue weighted by Crippen LogP contribution is 2.11. The zero-order valence-electron chi connectivity index (χ0n) is 12.2. The monoisotopic (exact) mass is 297 g/mol. The van der Waals surface area contributed by atoms with Gasteiger partial charge in [0.1, 0.15) is 11.6 Å². The molecule has 0 heterocycles. The molecule has 6 heteroatoms. The standard InChI is InChI=1S/C15H20FNO4/c1-3-17(10-11(2)15(19)20)14(18)8-9-21-13-6-4-12(16)5-7-13/h4-7,11H,3,8-10H2,1-2H3,(H,19,20). The molecule has 1 unspecified atom stereocenters. The third kappa shape index (κ3) is 5.81. The van der Waals surface area contributed by atoms with Gasteiger partial charge >= 0.3 is 5.97 Å². The molecule has 0 radical (unpaired) electrons. The summed E-state index contributed by atoms with van der Waals surface area (Å²) in [5.41, 5.74) is 0. The normalized spacial score (nSPS) is 11.8. The fraction of sp³-hybridized carbons (Fsp3) is 0.467. The summed E-state index contributed by atoms with van der Waals surface area (Å²) in [7, 11) is 0. The van der Waals surface area contributed by atoms with Crippen LogP contribution < -0.4 is 4.74 Å². The third-order valence-corrected chi connectivity index (χ3v) is 3.05. The van der Waals surface area contributed by atoms with E-state index in [0.29, 0.717) is 12.3 Å². The highest BCUT2D eigenvalue weighted by Gasteiger charge is 2.19. The molecule has 1 aromatic carbocycles. The molecule has 1 atom stereocenters. The Bertz CT molecular complexity index is 475. The van der Waals surface area contributed by atoms with Crippen LogP contribution in [0.3, 0.4) is 0 Å². The fourth-order valence-corrected chi connectivity index (χ4v) is 1.76. The summed E-state index contributed by atoms with van der Waals surface area (Å²) in [4.78, 5) is 24.3. The molecule has 0 aliphatic heterocycles. The maximum absolute atomic E-state index is 12.7. The predicted octanol–water partition coefficient (Wildman–Crippen LogP) is 2.16. The van der Waals surface area contributed by atoms with Crippen LogP contribution in [0.25, 0.3) is 0 Å². The molecule has 0 fully saturated rings. The van der Waals surface area contributed by atoms with E-state index < -0.39 is 11.9 Å². The molecule has 21 heavy (non-hydrogen) atoms. The van der Waals surface area contributed by atoms with Gasteiger partial charge in [0.25, 0.3) is 0 Å². The van der Waals surface area contributed by atoms with E-state index in [1.54, 1.807) is 13.8 Å². The quantitative estimate of drug-likeness (QED) is 0.798. The van der Waals surface area contributed by atoms with Gasteiger partial charge in [0.05, 0.1) is 18.9 Å². The Morgan fingerprint density at radius 1 is 1.33 bits per heavy atom. The Labute approximate surface area is 123 Å². The Kier molecular flexibility index (Phi) is 6.65. The Hall–Kier alpha value is -2.11. The van der Waals surface area contributed by atoms with E-state index in [1.807, 2.05) is 0 Å². The predicted molar refractivity (Wildman–Crippen MR) is 75.6 cm³/mol. The van der Waals surface area contributed by atoms with Gasteiger partial charge in [-0.25, -0.2) is 4.39 Å². The van der Waals surface area contributed by atoms with Crippen LogP contribution in [0.5, 0.6) is 5.75 Å². The molecule has 0 aliphatic carbocycles. The Morgan fingerprint density at radius 3 is 2.48 bits per heavy atom.